The highest BCUT2D eigenvalue weighted by molar-refractivity contribution is 6.36. The van der Waals surface area contributed by atoms with Crippen LogP contribution >= 0.6 is 23.2 Å². The van der Waals surface area contributed by atoms with Crippen LogP contribution in [0.15, 0.2) is 71.5 Å². The first-order valence-electron chi connectivity index (χ1n) is 9.24. The van der Waals surface area contributed by atoms with Crippen molar-refractivity contribution >= 4 is 40.1 Å². The van der Waals surface area contributed by atoms with Crippen LogP contribution in [-0.2, 0) is 4.74 Å². The lowest BCUT2D eigenvalue weighted by molar-refractivity contribution is 0.0526. The van der Waals surface area contributed by atoms with Gasteiger partial charge in [0.2, 0.25) is 0 Å². The van der Waals surface area contributed by atoms with Gasteiger partial charge in [-0.3, -0.25) is 9.36 Å². The normalized spacial score (nSPS) is 10.9. The van der Waals surface area contributed by atoms with Crippen LogP contribution in [0.2, 0.25) is 10.0 Å². The number of hydrogen-bond acceptors (Lipinski definition) is 4. The highest BCUT2D eigenvalue weighted by Gasteiger charge is 2.17. The van der Waals surface area contributed by atoms with Gasteiger partial charge in [0.25, 0.3) is 5.56 Å². The number of esters is 1. The monoisotopic (exact) mass is 438 g/mol. The molecule has 4 rings (SSSR count). The van der Waals surface area contributed by atoms with E-state index in [1.54, 1.807) is 67.6 Å². The number of aromatic nitrogens is 2. The standard InChI is InChI=1S/C23H16Cl2N2O3/c1-2-30-23(29)14-7-10-16(11-8-14)27-21(17-12-9-15(24)13-19(17)25)26-20-6-4-3-5-18(20)22(27)28/h3-13H,2H2,1H3. The van der Waals surface area contributed by atoms with E-state index in [9.17, 15) is 9.59 Å². The molecule has 0 atom stereocenters. The number of hydrogen-bond donors (Lipinski definition) is 0. The number of fused-ring (bicyclic) bond motifs is 1. The van der Waals surface area contributed by atoms with Crippen molar-refractivity contribution in [1.29, 1.82) is 0 Å². The van der Waals surface area contributed by atoms with E-state index in [-0.39, 0.29) is 12.2 Å². The van der Waals surface area contributed by atoms with Crippen molar-refractivity contribution in [2.24, 2.45) is 0 Å². The highest BCUT2D eigenvalue weighted by Crippen LogP contribution is 2.31. The minimum atomic E-state index is -0.422. The molecule has 0 radical (unpaired) electrons. The maximum atomic E-state index is 13.4. The predicted octanol–water partition coefficient (Wildman–Crippen LogP) is 5.54. The minimum absolute atomic E-state index is 0.245. The van der Waals surface area contributed by atoms with Gasteiger partial charge in [0, 0.05) is 10.6 Å². The van der Waals surface area contributed by atoms with Crippen LogP contribution in [0.1, 0.15) is 17.3 Å². The van der Waals surface area contributed by atoms with Crippen LogP contribution in [0.25, 0.3) is 28.0 Å². The maximum Gasteiger partial charge on any atom is 0.338 e. The molecule has 0 N–H and O–H groups in total. The predicted molar refractivity (Wildman–Crippen MR) is 119 cm³/mol. The van der Waals surface area contributed by atoms with E-state index in [0.717, 1.165) is 0 Å². The number of nitrogens with zero attached hydrogens (tertiary/aromatic N) is 2. The quantitative estimate of drug-likeness (QED) is 0.392. The summed E-state index contributed by atoms with van der Waals surface area (Å²) in [7, 11) is 0. The largest absolute Gasteiger partial charge is 0.462 e. The summed E-state index contributed by atoms with van der Waals surface area (Å²) in [5.74, 6) is -0.0433. The summed E-state index contributed by atoms with van der Waals surface area (Å²) in [5.41, 5.74) is 1.83. The first-order valence-corrected chi connectivity index (χ1v) is 10.00. The van der Waals surface area contributed by atoms with Gasteiger partial charge in [-0.05, 0) is 61.5 Å². The van der Waals surface area contributed by atoms with Crippen LogP contribution in [0.5, 0.6) is 0 Å². The molecule has 1 aromatic heterocycles. The van der Waals surface area contributed by atoms with E-state index >= 15 is 0 Å². The fourth-order valence-electron chi connectivity index (χ4n) is 3.18. The third kappa shape index (κ3) is 3.70. The van der Waals surface area contributed by atoms with Crippen LogP contribution in [0.3, 0.4) is 0 Å². The van der Waals surface area contributed by atoms with Crippen molar-refractivity contribution in [3.05, 3.63) is 92.7 Å². The molecule has 0 aliphatic rings. The first kappa shape index (κ1) is 20.1. The van der Waals surface area contributed by atoms with E-state index < -0.39 is 5.97 Å². The van der Waals surface area contributed by atoms with Crippen LogP contribution in [-0.4, -0.2) is 22.1 Å². The van der Waals surface area contributed by atoms with Crippen molar-refractivity contribution in [2.75, 3.05) is 6.61 Å². The number of rotatable bonds is 4. The molecule has 0 aliphatic heterocycles. The number of carbonyl (C=O) groups is 1. The van der Waals surface area contributed by atoms with Gasteiger partial charge in [0.05, 0.1) is 33.8 Å². The van der Waals surface area contributed by atoms with E-state index in [1.165, 1.54) is 4.57 Å². The molecule has 0 amide bonds. The number of para-hydroxylation sites is 1. The Labute approximate surface area is 182 Å². The summed E-state index contributed by atoms with van der Waals surface area (Å²) in [5, 5.41) is 1.33. The Kier molecular flexibility index (Phi) is 5.57. The molecule has 5 nitrogen and oxygen atoms in total. The SMILES string of the molecule is CCOC(=O)c1ccc(-n2c(-c3ccc(Cl)cc3Cl)nc3ccccc3c2=O)cc1. The van der Waals surface area contributed by atoms with Crippen LogP contribution in [0.4, 0.5) is 0 Å². The van der Waals surface area contributed by atoms with E-state index in [4.69, 9.17) is 32.9 Å². The Morgan fingerprint density at radius 2 is 1.77 bits per heavy atom. The zero-order valence-electron chi connectivity index (χ0n) is 15.9. The number of benzene rings is 3. The Morgan fingerprint density at radius 3 is 2.47 bits per heavy atom. The molecule has 0 unspecified atom stereocenters. The first-order chi connectivity index (χ1) is 14.5. The average Bonchev–Trinajstić information content (AvgIpc) is 2.74. The van der Waals surface area contributed by atoms with Gasteiger partial charge in [0.1, 0.15) is 5.82 Å². The molecular formula is C23H16Cl2N2O3. The smallest absolute Gasteiger partial charge is 0.338 e. The van der Waals surface area contributed by atoms with Crippen molar-refractivity contribution in [2.45, 2.75) is 6.92 Å². The zero-order valence-corrected chi connectivity index (χ0v) is 17.4. The molecule has 0 bridgehead atoms. The third-order valence-electron chi connectivity index (χ3n) is 4.58. The molecular weight excluding hydrogens is 423 g/mol. The molecule has 0 saturated carbocycles. The topological polar surface area (TPSA) is 61.2 Å². The van der Waals surface area contributed by atoms with Crippen molar-refractivity contribution in [3.63, 3.8) is 0 Å². The summed E-state index contributed by atoms with van der Waals surface area (Å²) in [6, 6.07) is 18.7. The van der Waals surface area contributed by atoms with E-state index in [0.29, 0.717) is 43.6 Å². The summed E-state index contributed by atoms with van der Waals surface area (Å²) < 4.78 is 6.50. The molecule has 3 aromatic carbocycles. The highest BCUT2D eigenvalue weighted by atomic mass is 35.5. The molecule has 30 heavy (non-hydrogen) atoms. The second-order valence-corrected chi connectivity index (χ2v) is 7.33. The van der Waals surface area contributed by atoms with Gasteiger partial charge in [-0.1, -0.05) is 35.3 Å². The number of carbonyl (C=O) groups excluding carboxylic acids is 1. The van der Waals surface area contributed by atoms with Gasteiger partial charge >= 0.3 is 5.97 Å². The molecule has 1 heterocycles. The maximum absolute atomic E-state index is 13.4. The molecule has 0 spiro atoms. The van der Waals surface area contributed by atoms with Crippen molar-refractivity contribution in [3.8, 4) is 17.1 Å². The molecule has 7 heteroatoms. The lowest BCUT2D eigenvalue weighted by Crippen LogP contribution is -2.22. The third-order valence-corrected chi connectivity index (χ3v) is 5.13. The van der Waals surface area contributed by atoms with Crippen LogP contribution < -0.4 is 5.56 Å². The summed E-state index contributed by atoms with van der Waals surface area (Å²) in [4.78, 5) is 30.1. The van der Waals surface area contributed by atoms with Gasteiger partial charge in [0.15, 0.2) is 0 Å². The van der Waals surface area contributed by atoms with Crippen molar-refractivity contribution < 1.29 is 9.53 Å². The van der Waals surface area contributed by atoms with E-state index in [1.807, 2.05) is 6.07 Å². The lowest BCUT2D eigenvalue weighted by Gasteiger charge is -2.15. The Balaban J connectivity index is 1.97. The van der Waals surface area contributed by atoms with Gasteiger partial charge in [-0.15, -0.1) is 0 Å². The number of halogens is 2. The second-order valence-electron chi connectivity index (χ2n) is 6.48. The lowest BCUT2D eigenvalue weighted by atomic mass is 10.1. The molecule has 4 aromatic rings. The zero-order chi connectivity index (χ0) is 21.3. The summed E-state index contributed by atoms with van der Waals surface area (Å²) >= 11 is 12.5. The molecule has 0 fully saturated rings. The summed E-state index contributed by atoms with van der Waals surface area (Å²) in [6.45, 7) is 2.03. The van der Waals surface area contributed by atoms with E-state index in [2.05, 4.69) is 0 Å². The molecule has 150 valence electrons. The van der Waals surface area contributed by atoms with Gasteiger partial charge in [-0.2, -0.15) is 0 Å². The number of ether oxygens (including phenoxy) is 1. The Hall–Kier alpha value is -3.15. The molecule has 0 saturated heterocycles. The Morgan fingerprint density at radius 1 is 1.03 bits per heavy atom. The Bertz CT molecular complexity index is 1310. The van der Waals surface area contributed by atoms with Gasteiger partial charge in [-0.25, -0.2) is 9.78 Å². The van der Waals surface area contributed by atoms with Gasteiger partial charge < -0.3 is 4.74 Å². The summed E-state index contributed by atoms with van der Waals surface area (Å²) in [6.07, 6.45) is 0. The fraction of sp³-hybridized carbons (Fsp3) is 0.0870. The minimum Gasteiger partial charge on any atom is -0.462 e. The van der Waals surface area contributed by atoms with Crippen LogP contribution in [0, 0.1) is 0 Å². The fourth-order valence-corrected chi connectivity index (χ4v) is 3.68. The average molecular weight is 439 g/mol. The molecule has 0 aliphatic carbocycles. The second kappa shape index (κ2) is 8.30. The van der Waals surface area contributed by atoms with Crippen molar-refractivity contribution in [1.82, 2.24) is 9.55 Å².